The van der Waals surface area contributed by atoms with Crippen LogP contribution in [0.3, 0.4) is 0 Å². The van der Waals surface area contributed by atoms with Crippen molar-refractivity contribution in [2.45, 2.75) is 14.9 Å². The molecule has 0 aromatic heterocycles. The van der Waals surface area contributed by atoms with E-state index in [9.17, 15) is 10.1 Å². The molecule has 1 aromatic rings. The maximum atomic E-state index is 11.1. The Balaban J connectivity index is 2.03. The van der Waals surface area contributed by atoms with Crippen LogP contribution in [0.15, 0.2) is 29.2 Å². The molecule has 0 spiro atoms. The van der Waals surface area contributed by atoms with E-state index in [1.165, 1.54) is 6.07 Å². The Morgan fingerprint density at radius 2 is 2.00 bits per heavy atom. The van der Waals surface area contributed by atoms with Crippen molar-refractivity contribution in [2.75, 3.05) is 26.3 Å². The van der Waals surface area contributed by atoms with Crippen LogP contribution in [-0.2, 0) is 4.74 Å². The molecule has 25 heavy (non-hydrogen) atoms. The second-order valence-corrected chi connectivity index (χ2v) is 8.60. The van der Waals surface area contributed by atoms with Crippen molar-refractivity contribution in [2.24, 2.45) is 0 Å². The van der Waals surface area contributed by atoms with Crippen LogP contribution in [0.4, 0.5) is 5.69 Å². The molecule has 1 aromatic carbocycles. The standard InChI is InChI=1S/C13H15Cl3N4O3S2/c14-13(15,16)11(17-12(24)19-5-7-23-8-6-19)18-25-10-4-2-1-3-9(10)20(21)22/h1-4,11,18H,5-8H2,(H,17,24)/t11-/m0/s1. The summed E-state index contributed by atoms with van der Waals surface area (Å²) in [5.74, 6) is 0. The summed E-state index contributed by atoms with van der Waals surface area (Å²) < 4.78 is 6.44. The molecule has 2 N–H and O–H groups in total. The van der Waals surface area contributed by atoms with Crippen molar-refractivity contribution in [1.82, 2.24) is 14.9 Å². The number of thiocarbonyl (C=S) groups is 1. The fourth-order valence-corrected chi connectivity index (χ4v) is 3.67. The Bertz CT molecular complexity index is 627. The van der Waals surface area contributed by atoms with Crippen molar-refractivity contribution in [3.05, 3.63) is 34.4 Å². The Hall–Kier alpha value is -0.550. The lowest BCUT2D eigenvalue weighted by molar-refractivity contribution is -0.387. The van der Waals surface area contributed by atoms with Crippen LogP contribution in [0.25, 0.3) is 0 Å². The molecule has 138 valence electrons. The lowest BCUT2D eigenvalue weighted by Gasteiger charge is -2.33. The molecule has 0 amide bonds. The minimum absolute atomic E-state index is 0.0428. The summed E-state index contributed by atoms with van der Waals surface area (Å²) in [5.41, 5.74) is -0.0428. The van der Waals surface area contributed by atoms with Crippen LogP contribution in [0, 0.1) is 10.1 Å². The molecule has 1 heterocycles. The van der Waals surface area contributed by atoms with Crippen molar-refractivity contribution in [1.29, 1.82) is 0 Å². The van der Waals surface area contributed by atoms with Gasteiger partial charge in [-0.05, 0) is 30.2 Å². The maximum Gasteiger partial charge on any atom is 0.284 e. The topological polar surface area (TPSA) is 79.7 Å². The predicted octanol–water partition coefficient (Wildman–Crippen LogP) is 3.09. The molecule has 2 rings (SSSR count). The van der Waals surface area contributed by atoms with Gasteiger partial charge in [-0.1, -0.05) is 46.9 Å². The molecule has 1 atom stereocenters. The fourth-order valence-electron chi connectivity index (χ4n) is 1.98. The molecule has 0 bridgehead atoms. The van der Waals surface area contributed by atoms with Gasteiger partial charge < -0.3 is 15.0 Å². The van der Waals surface area contributed by atoms with Gasteiger partial charge in [0.2, 0.25) is 3.79 Å². The van der Waals surface area contributed by atoms with Crippen LogP contribution in [0.5, 0.6) is 0 Å². The zero-order chi connectivity index (χ0) is 18.4. The second-order valence-electron chi connectivity index (χ2n) is 4.97. The number of morpholine rings is 1. The first-order chi connectivity index (χ1) is 11.8. The van der Waals surface area contributed by atoms with E-state index < -0.39 is 14.9 Å². The average Bonchev–Trinajstić information content (AvgIpc) is 2.58. The highest BCUT2D eigenvalue weighted by Gasteiger charge is 2.34. The summed E-state index contributed by atoms with van der Waals surface area (Å²) >= 11 is 24.4. The third kappa shape index (κ3) is 6.28. The Kier molecular flexibility index (Phi) is 7.81. The molecule has 1 aliphatic heterocycles. The van der Waals surface area contributed by atoms with Gasteiger partial charge in [-0.3, -0.25) is 10.1 Å². The van der Waals surface area contributed by atoms with Crippen LogP contribution in [-0.4, -0.2) is 51.2 Å². The number of hydrogen-bond donors (Lipinski definition) is 2. The summed E-state index contributed by atoms with van der Waals surface area (Å²) in [7, 11) is 0. The summed E-state index contributed by atoms with van der Waals surface area (Å²) in [4.78, 5) is 12.9. The number of alkyl halides is 3. The summed E-state index contributed by atoms with van der Waals surface area (Å²) in [5, 5.41) is 14.4. The first kappa shape index (κ1) is 20.8. The summed E-state index contributed by atoms with van der Waals surface area (Å²) in [6.07, 6.45) is -0.863. The minimum Gasteiger partial charge on any atom is -0.378 e. The van der Waals surface area contributed by atoms with Gasteiger partial charge in [0.1, 0.15) is 11.1 Å². The van der Waals surface area contributed by atoms with Crippen molar-refractivity contribution >= 4 is 69.8 Å². The normalized spacial score (nSPS) is 16.4. The molecule has 1 saturated heterocycles. The summed E-state index contributed by atoms with van der Waals surface area (Å²) in [6, 6.07) is 6.28. The Morgan fingerprint density at radius 1 is 1.36 bits per heavy atom. The van der Waals surface area contributed by atoms with Crippen molar-refractivity contribution < 1.29 is 9.66 Å². The smallest absolute Gasteiger partial charge is 0.284 e. The molecule has 1 aliphatic rings. The predicted molar refractivity (Wildman–Crippen MR) is 104 cm³/mol. The third-order valence-corrected chi connectivity index (χ3v) is 5.19. The van der Waals surface area contributed by atoms with Gasteiger partial charge in [0.15, 0.2) is 5.11 Å². The van der Waals surface area contributed by atoms with E-state index in [0.29, 0.717) is 36.3 Å². The number of ether oxygens (including phenoxy) is 1. The molecule has 0 radical (unpaired) electrons. The van der Waals surface area contributed by atoms with Crippen molar-refractivity contribution in [3.8, 4) is 0 Å². The van der Waals surface area contributed by atoms with Gasteiger partial charge in [0, 0.05) is 19.2 Å². The number of halogens is 3. The number of nitro groups is 1. The van der Waals surface area contributed by atoms with E-state index in [2.05, 4.69) is 10.0 Å². The van der Waals surface area contributed by atoms with Gasteiger partial charge in [0.05, 0.1) is 18.1 Å². The number of nitrogens with zero attached hydrogens (tertiary/aromatic N) is 2. The molecule has 1 fully saturated rings. The second kappa shape index (κ2) is 9.40. The number of para-hydroxylation sites is 1. The minimum atomic E-state index is -1.73. The summed E-state index contributed by atoms with van der Waals surface area (Å²) in [6.45, 7) is 2.41. The van der Waals surface area contributed by atoms with E-state index in [-0.39, 0.29) is 5.69 Å². The number of benzene rings is 1. The van der Waals surface area contributed by atoms with E-state index >= 15 is 0 Å². The van der Waals surface area contributed by atoms with Crippen LogP contribution < -0.4 is 10.0 Å². The van der Waals surface area contributed by atoms with Gasteiger partial charge >= 0.3 is 0 Å². The van der Waals surface area contributed by atoms with E-state index in [4.69, 9.17) is 51.8 Å². The van der Waals surface area contributed by atoms with Crippen molar-refractivity contribution in [3.63, 3.8) is 0 Å². The molecular weight excluding hydrogens is 431 g/mol. The Labute approximate surface area is 169 Å². The monoisotopic (exact) mass is 444 g/mol. The molecule has 12 heteroatoms. The number of rotatable bonds is 5. The van der Waals surface area contributed by atoms with Gasteiger partial charge in [-0.25, -0.2) is 4.72 Å². The Morgan fingerprint density at radius 3 is 2.60 bits per heavy atom. The highest BCUT2D eigenvalue weighted by molar-refractivity contribution is 7.97. The number of nitrogens with one attached hydrogen (secondary N) is 2. The lowest BCUT2D eigenvalue weighted by atomic mass is 10.3. The van der Waals surface area contributed by atoms with E-state index in [1.807, 2.05) is 4.90 Å². The van der Waals surface area contributed by atoms with E-state index in [1.54, 1.807) is 18.2 Å². The van der Waals surface area contributed by atoms with Gasteiger partial charge in [0.25, 0.3) is 5.69 Å². The van der Waals surface area contributed by atoms with Gasteiger partial charge in [-0.2, -0.15) is 0 Å². The first-order valence-electron chi connectivity index (χ1n) is 7.14. The third-order valence-electron chi connectivity index (χ3n) is 3.24. The molecule has 0 unspecified atom stereocenters. The molecule has 0 saturated carbocycles. The first-order valence-corrected chi connectivity index (χ1v) is 9.50. The van der Waals surface area contributed by atoms with E-state index in [0.717, 1.165) is 11.9 Å². The quantitative estimate of drug-likeness (QED) is 0.179. The molecule has 7 nitrogen and oxygen atoms in total. The lowest BCUT2D eigenvalue weighted by Crippen LogP contribution is -2.56. The number of hydrogen-bond acceptors (Lipinski definition) is 6. The zero-order valence-corrected chi connectivity index (χ0v) is 16.7. The zero-order valence-electron chi connectivity index (χ0n) is 12.8. The van der Waals surface area contributed by atoms with Crippen LogP contribution in [0.2, 0.25) is 0 Å². The SMILES string of the molecule is O=[N+]([O-])c1ccccc1SN[C@H](NC(=S)N1CCOCC1)C(Cl)(Cl)Cl. The highest BCUT2D eigenvalue weighted by atomic mass is 35.6. The number of nitro benzene ring substituents is 1. The average molecular weight is 446 g/mol. The fraction of sp³-hybridized carbons (Fsp3) is 0.462. The van der Waals surface area contributed by atoms with Crippen LogP contribution >= 0.6 is 59.0 Å². The molecular formula is C13H15Cl3N4O3S2. The maximum absolute atomic E-state index is 11.1. The highest BCUT2D eigenvalue weighted by Crippen LogP contribution is 2.33. The van der Waals surface area contributed by atoms with Gasteiger partial charge in [-0.15, -0.1) is 0 Å². The van der Waals surface area contributed by atoms with Crippen LogP contribution in [0.1, 0.15) is 0 Å². The molecule has 0 aliphatic carbocycles. The largest absolute Gasteiger partial charge is 0.378 e.